The number of rotatable bonds is 6. The number of carbonyl (C=O) groups is 1. The molecule has 1 aliphatic heterocycles. The maximum absolute atomic E-state index is 12.7. The van der Waals surface area contributed by atoms with Crippen LogP contribution >= 0.6 is 0 Å². The first kappa shape index (κ1) is 24.3. The van der Waals surface area contributed by atoms with Gasteiger partial charge in [0.1, 0.15) is 5.82 Å². The predicted octanol–water partition coefficient (Wildman–Crippen LogP) is 4.32. The molecule has 1 fully saturated rings. The number of piperazine rings is 1. The van der Waals surface area contributed by atoms with Crippen LogP contribution in [0.2, 0.25) is 0 Å². The van der Waals surface area contributed by atoms with Gasteiger partial charge in [0.2, 0.25) is 0 Å². The van der Waals surface area contributed by atoms with Crippen molar-refractivity contribution in [2.24, 2.45) is 0 Å². The number of nitrogens with one attached hydrogen (secondary N) is 3. The number of hydrogen-bond acceptors (Lipinski definition) is 5. The second kappa shape index (κ2) is 11.1. The second-order valence-electron chi connectivity index (χ2n) is 9.10. The lowest BCUT2D eigenvalue weighted by Gasteiger charge is -2.28. The minimum atomic E-state index is -0.330. The topological polar surface area (TPSA) is 91.3 Å². The van der Waals surface area contributed by atoms with Gasteiger partial charge in [0.15, 0.2) is 0 Å². The SMILES string of the molecule is Cc1ccc(Cn2nc(N3CCNCC3)ccc2=O)cc1NC(=O)Nc1ccc(-c2ccccc2)cc1. The standard InChI is InChI=1S/C29H30N6O2/c1-21-7-8-22(20-35-28(36)14-13-27(33-35)34-17-15-30-16-18-34)19-26(21)32-29(37)31-25-11-9-24(10-12-25)23-5-3-2-4-6-23/h2-14,19,30H,15-18,20H2,1H3,(H2,31,32,37). The summed E-state index contributed by atoms with van der Waals surface area (Å²) >= 11 is 0. The molecule has 1 aliphatic rings. The minimum Gasteiger partial charge on any atom is -0.353 e. The largest absolute Gasteiger partial charge is 0.353 e. The summed E-state index contributed by atoms with van der Waals surface area (Å²) in [6.07, 6.45) is 0. The average molecular weight is 495 g/mol. The van der Waals surface area contributed by atoms with Gasteiger partial charge in [0.05, 0.1) is 6.54 Å². The van der Waals surface area contributed by atoms with Crippen molar-refractivity contribution in [3.05, 3.63) is 106 Å². The molecule has 0 bridgehead atoms. The van der Waals surface area contributed by atoms with Crippen molar-refractivity contribution in [3.8, 4) is 11.1 Å². The number of benzene rings is 3. The van der Waals surface area contributed by atoms with E-state index >= 15 is 0 Å². The van der Waals surface area contributed by atoms with E-state index in [1.54, 1.807) is 12.1 Å². The molecule has 1 saturated heterocycles. The molecule has 1 aromatic heterocycles. The number of aryl methyl sites for hydroxylation is 1. The van der Waals surface area contributed by atoms with Gasteiger partial charge in [0, 0.05) is 43.6 Å². The highest BCUT2D eigenvalue weighted by Crippen LogP contribution is 2.22. The summed E-state index contributed by atoms with van der Waals surface area (Å²) in [5.41, 5.74) is 5.23. The van der Waals surface area contributed by atoms with E-state index in [2.05, 4.69) is 38.1 Å². The van der Waals surface area contributed by atoms with Gasteiger partial charge in [0.25, 0.3) is 5.56 Å². The Bertz CT molecular complexity index is 1430. The van der Waals surface area contributed by atoms with Gasteiger partial charge in [-0.25, -0.2) is 9.48 Å². The van der Waals surface area contributed by atoms with Crippen LogP contribution in [0.4, 0.5) is 22.0 Å². The van der Waals surface area contributed by atoms with E-state index in [0.717, 1.165) is 54.3 Å². The molecule has 0 atom stereocenters. The van der Waals surface area contributed by atoms with Gasteiger partial charge in [-0.15, -0.1) is 0 Å². The number of amides is 2. The van der Waals surface area contributed by atoms with Crippen LogP contribution in [0.25, 0.3) is 11.1 Å². The first-order chi connectivity index (χ1) is 18.0. The van der Waals surface area contributed by atoms with Crippen LogP contribution in [0, 0.1) is 6.92 Å². The summed E-state index contributed by atoms with van der Waals surface area (Å²) in [7, 11) is 0. The number of carbonyl (C=O) groups excluding carboxylic acids is 1. The van der Waals surface area contributed by atoms with Gasteiger partial charge >= 0.3 is 6.03 Å². The Hall–Kier alpha value is -4.43. The fourth-order valence-corrected chi connectivity index (χ4v) is 4.35. The molecule has 0 spiro atoms. The van der Waals surface area contributed by atoms with E-state index in [-0.39, 0.29) is 11.6 Å². The zero-order chi connectivity index (χ0) is 25.6. The van der Waals surface area contributed by atoms with Crippen LogP contribution < -0.4 is 26.4 Å². The molecule has 3 aromatic carbocycles. The zero-order valence-corrected chi connectivity index (χ0v) is 20.8. The fourth-order valence-electron chi connectivity index (χ4n) is 4.35. The van der Waals surface area contributed by atoms with Crippen molar-refractivity contribution in [1.29, 1.82) is 0 Å². The van der Waals surface area contributed by atoms with E-state index in [1.165, 1.54) is 4.68 Å². The molecule has 3 N–H and O–H groups in total. The number of nitrogens with zero attached hydrogens (tertiary/aromatic N) is 3. The summed E-state index contributed by atoms with van der Waals surface area (Å²) in [6.45, 7) is 5.75. The minimum absolute atomic E-state index is 0.161. The molecule has 2 heterocycles. The van der Waals surface area contributed by atoms with Gasteiger partial charge < -0.3 is 20.9 Å². The molecule has 0 radical (unpaired) electrons. The molecular formula is C29H30N6O2. The Kier molecular flexibility index (Phi) is 7.28. The summed E-state index contributed by atoms with van der Waals surface area (Å²) < 4.78 is 1.47. The maximum atomic E-state index is 12.7. The van der Waals surface area contributed by atoms with E-state index in [4.69, 9.17) is 0 Å². The molecule has 0 aliphatic carbocycles. The molecule has 8 nitrogen and oxygen atoms in total. The molecule has 188 valence electrons. The Morgan fingerprint density at radius 1 is 0.892 bits per heavy atom. The highest BCUT2D eigenvalue weighted by atomic mass is 16.2. The zero-order valence-electron chi connectivity index (χ0n) is 20.8. The van der Waals surface area contributed by atoms with Crippen molar-refractivity contribution in [2.45, 2.75) is 13.5 Å². The van der Waals surface area contributed by atoms with Crippen molar-refractivity contribution < 1.29 is 4.79 Å². The third-order valence-corrected chi connectivity index (χ3v) is 6.43. The molecule has 2 amide bonds. The van der Waals surface area contributed by atoms with Crippen LogP contribution in [0.1, 0.15) is 11.1 Å². The molecule has 8 heteroatoms. The highest BCUT2D eigenvalue weighted by Gasteiger charge is 2.13. The van der Waals surface area contributed by atoms with Crippen LogP contribution in [0.15, 0.2) is 89.7 Å². The van der Waals surface area contributed by atoms with Crippen LogP contribution in [0.3, 0.4) is 0 Å². The monoisotopic (exact) mass is 494 g/mol. The second-order valence-corrected chi connectivity index (χ2v) is 9.10. The van der Waals surface area contributed by atoms with E-state index < -0.39 is 0 Å². The van der Waals surface area contributed by atoms with Crippen LogP contribution in [-0.4, -0.2) is 42.0 Å². The highest BCUT2D eigenvalue weighted by molar-refractivity contribution is 6.00. The third-order valence-electron chi connectivity index (χ3n) is 6.43. The van der Waals surface area contributed by atoms with Crippen molar-refractivity contribution in [2.75, 3.05) is 41.7 Å². The quantitative estimate of drug-likeness (QED) is 0.371. The van der Waals surface area contributed by atoms with Crippen molar-refractivity contribution in [1.82, 2.24) is 15.1 Å². The number of hydrogen-bond donors (Lipinski definition) is 3. The average Bonchev–Trinajstić information content (AvgIpc) is 2.93. The first-order valence-corrected chi connectivity index (χ1v) is 12.4. The summed E-state index contributed by atoms with van der Waals surface area (Å²) in [4.78, 5) is 27.4. The third kappa shape index (κ3) is 6.05. The normalized spacial score (nSPS) is 13.3. The van der Waals surface area contributed by atoms with Gasteiger partial charge in [-0.05, 0) is 53.4 Å². The van der Waals surface area contributed by atoms with Gasteiger partial charge in [-0.1, -0.05) is 54.6 Å². The summed E-state index contributed by atoms with van der Waals surface area (Å²) in [6, 6.07) is 26.6. The smallest absolute Gasteiger partial charge is 0.323 e. The maximum Gasteiger partial charge on any atom is 0.323 e. The Morgan fingerprint density at radius 2 is 1.62 bits per heavy atom. The lowest BCUT2D eigenvalue weighted by atomic mass is 10.1. The summed E-state index contributed by atoms with van der Waals surface area (Å²) in [5, 5.41) is 13.7. The van der Waals surface area contributed by atoms with E-state index in [1.807, 2.05) is 67.6 Å². The molecule has 4 aromatic rings. The summed E-state index contributed by atoms with van der Waals surface area (Å²) in [5.74, 6) is 0.796. The fraction of sp³-hybridized carbons (Fsp3) is 0.207. The van der Waals surface area contributed by atoms with E-state index in [0.29, 0.717) is 17.9 Å². The molecule has 0 unspecified atom stereocenters. The Balaban J connectivity index is 1.26. The van der Waals surface area contributed by atoms with Crippen molar-refractivity contribution >= 4 is 23.2 Å². The Labute approximate surface area is 216 Å². The molecule has 5 rings (SSSR count). The number of aromatic nitrogens is 2. The molecule has 37 heavy (non-hydrogen) atoms. The van der Waals surface area contributed by atoms with E-state index in [9.17, 15) is 9.59 Å². The first-order valence-electron chi connectivity index (χ1n) is 12.4. The van der Waals surface area contributed by atoms with Gasteiger partial charge in [-0.2, -0.15) is 5.10 Å². The molecule has 0 saturated carbocycles. The number of urea groups is 1. The van der Waals surface area contributed by atoms with Crippen LogP contribution in [0.5, 0.6) is 0 Å². The van der Waals surface area contributed by atoms with Crippen molar-refractivity contribution in [3.63, 3.8) is 0 Å². The van der Waals surface area contributed by atoms with Gasteiger partial charge in [-0.3, -0.25) is 4.79 Å². The predicted molar refractivity (Wildman–Crippen MR) is 148 cm³/mol. The lowest BCUT2D eigenvalue weighted by Crippen LogP contribution is -2.44. The lowest BCUT2D eigenvalue weighted by molar-refractivity contribution is 0.262. The molecular weight excluding hydrogens is 464 g/mol. The Morgan fingerprint density at radius 3 is 2.38 bits per heavy atom. The van der Waals surface area contributed by atoms with Crippen LogP contribution in [-0.2, 0) is 6.54 Å². The number of anilines is 3.